The third kappa shape index (κ3) is 4.99. The lowest BCUT2D eigenvalue weighted by Crippen LogP contribution is -2.40. The lowest BCUT2D eigenvalue weighted by molar-refractivity contribution is -0.141. The summed E-state index contributed by atoms with van der Waals surface area (Å²) in [7, 11) is 0. The van der Waals surface area contributed by atoms with Crippen molar-refractivity contribution < 1.29 is 22.4 Å². The minimum atomic E-state index is -4.50. The van der Waals surface area contributed by atoms with Crippen LogP contribution in [0.4, 0.5) is 13.2 Å². The summed E-state index contributed by atoms with van der Waals surface area (Å²) >= 11 is 0. The summed E-state index contributed by atoms with van der Waals surface area (Å²) < 4.78 is 44.9. The fourth-order valence-corrected chi connectivity index (χ4v) is 3.80. The van der Waals surface area contributed by atoms with Crippen LogP contribution in [0.25, 0.3) is 5.69 Å². The Morgan fingerprint density at radius 2 is 1.84 bits per heavy atom. The summed E-state index contributed by atoms with van der Waals surface area (Å²) in [5, 5.41) is 6.50. The van der Waals surface area contributed by atoms with Crippen molar-refractivity contribution in [2.75, 3.05) is 19.6 Å². The van der Waals surface area contributed by atoms with Gasteiger partial charge in [-0.1, -0.05) is 6.42 Å². The van der Waals surface area contributed by atoms with E-state index in [-0.39, 0.29) is 11.9 Å². The number of amides is 1. The molecule has 2 aromatic heterocycles. The summed E-state index contributed by atoms with van der Waals surface area (Å²) in [4.78, 5) is 15.0. The molecule has 9 heteroatoms. The highest BCUT2D eigenvalue weighted by molar-refractivity contribution is 5.94. The van der Waals surface area contributed by atoms with Crippen LogP contribution in [-0.4, -0.2) is 40.2 Å². The van der Waals surface area contributed by atoms with E-state index >= 15 is 0 Å². The fraction of sp³-hybridized carbons (Fsp3) is 0.364. The van der Waals surface area contributed by atoms with Crippen LogP contribution in [0.2, 0.25) is 0 Å². The minimum absolute atomic E-state index is 0.0385. The number of carbonyl (C=O) groups is 1. The molecule has 6 nitrogen and oxygen atoms in total. The third-order valence-electron chi connectivity index (χ3n) is 5.43. The van der Waals surface area contributed by atoms with Gasteiger partial charge in [-0.3, -0.25) is 9.69 Å². The van der Waals surface area contributed by atoms with Crippen LogP contribution in [-0.2, 0) is 6.18 Å². The fourth-order valence-electron chi connectivity index (χ4n) is 3.80. The van der Waals surface area contributed by atoms with E-state index in [0.717, 1.165) is 42.4 Å². The monoisotopic (exact) mass is 432 g/mol. The number of alkyl halides is 3. The molecule has 1 fully saturated rings. The van der Waals surface area contributed by atoms with E-state index in [0.29, 0.717) is 17.8 Å². The van der Waals surface area contributed by atoms with Gasteiger partial charge >= 0.3 is 6.18 Å². The van der Waals surface area contributed by atoms with E-state index in [2.05, 4.69) is 15.3 Å². The molecule has 1 aromatic carbocycles. The van der Waals surface area contributed by atoms with Gasteiger partial charge in [0.05, 0.1) is 18.0 Å². The predicted octanol–water partition coefficient (Wildman–Crippen LogP) is 4.44. The van der Waals surface area contributed by atoms with Gasteiger partial charge in [0.2, 0.25) is 0 Å². The number of rotatable bonds is 6. The highest BCUT2D eigenvalue weighted by Gasteiger charge is 2.33. The normalized spacial score (nSPS) is 16.2. The number of nitrogens with one attached hydrogen (secondary N) is 1. The molecule has 1 aliphatic heterocycles. The number of aromatic nitrogens is 2. The second kappa shape index (κ2) is 8.97. The number of hydrogen-bond donors (Lipinski definition) is 1. The van der Waals surface area contributed by atoms with Crippen molar-refractivity contribution >= 4 is 5.91 Å². The van der Waals surface area contributed by atoms with Crippen LogP contribution < -0.4 is 5.32 Å². The Morgan fingerprint density at radius 1 is 1.10 bits per heavy atom. The molecule has 1 unspecified atom stereocenters. The molecule has 1 aliphatic rings. The summed E-state index contributed by atoms with van der Waals surface area (Å²) in [6.07, 6.45) is 1.83. The van der Waals surface area contributed by atoms with E-state index in [4.69, 9.17) is 4.42 Å². The van der Waals surface area contributed by atoms with Gasteiger partial charge in [-0.25, -0.2) is 4.68 Å². The summed E-state index contributed by atoms with van der Waals surface area (Å²) in [6.45, 7) is 2.32. The molecule has 1 amide bonds. The molecule has 3 aromatic rings. The van der Waals surface area contributed by atoms with Crippen molar-refractivity contribution in [1.29, 1.82) is 0 Å². The Morgan fingerprint density at radius 3 is 2.45 bits per heavy atom. The van der Waals surface area contributed by atoms with Crippen LogP contribution in [0.1, 0.15) is 47.1 Å². The van der Waals surface area contributed by atoms with Crippen molar-refractivity contribution in [2.24, 2.45) is 0 Å². The van der Waals surface area contributed by atoms with E-state index in [1.165, 1.54) is 12.6 Å². The molecule has 1 saturated heterocycles. The van der Waals surface area contributed by atoms with Gasteiger partial charge in [0.25, 0.3) is 5.91 Å². The van der Waals surface area contributed by atoms with Crippen LogP contribution in [0.3, 0.4) is 0 Å². The Kier molecular flexibility index (Phi) is 6.13. The SMILES string of the molecule is O=C(NCC(c1ccco1)N1CCCCC1)c1ccc(-n2ccc(C(F)(F)F)n2)cc1. The maximum Gasteiger partial charge on any atom is 0.435 e. The molecule has 3 heterocycles. The number of likely N-dealkylation sites (tertiary alicyclic amines) is 1. The average molecular weight is 432 g/mol. The number of furan rings is 1. The van der Waals surface area contributed by atoms with Crippen LogP contribution in [0.5, 0.6) is 0 Å². The Bertz CT molecular complexity index is 991. The number of hydrogen-bond acceptors (Lipinski definition) is 4. The zero-order valence-corrected chi connectivity index (χ0v) is 16.8. The maximum absolute atomic E-state index is 12.7. The molecular formula is C22H23F3N4O2. The number of halogens is 3. The van der Waals surface area contributed by atoms with Crippen molar-refractivity contribution in [3.05, 3.63) is 71.9 Å². The Hall–Kier alpha value is -3.07. The van der Waals surface area contributed by atoms with E-state index in [1.54, 1.807) is 30.5 Å². The van der Waals surface area contributed by atoms with Crippen LogP contribution in [0, 0.1) is 0 Å². The number of piperidine rings is 1. The molecule has 1 atom stereocenters. The second-order valence-electron chi connectivity index (χ2n) is 7.53. The third-order valence-corrected chi connectivity index (χ3v) is 5.43. The lowest BCUT2D eigenvalue weighted by atomic mass is 10.1. The van der Waals surface area contributed by atoms with Crippen molar-refractivity contribution in [2.45, 2.75) is 31.5 Å². The van der Waals surface area contributed by atoms with E-state index < -0.39 is 11.9 Å². The van der Waals surface area contributed by atoms with Crippen LogP contribution >= 0.6 is 0 Å². The number of benzene rings is 1. The molecule has 164 valence electrons. The molecule has 0 radical (unpaired) electrons. The van der Waals surface area contributed by atoms with Crippen molar-refractivity contribution in [1.82, 2.24) is 20.0 Å². The second-order valence-corrected chi connectivity index (χ2v) is 7.53. The van der Waals surface area contributed by atoms with Gasteiger partial charge in [0.1, 0.15) is 5.76 Å². The minimum Gasteiger partial charge on any atom is -0.468 e. The highest BCUT2D eigenvalue weighted by Crippen LogP contribution is 2.28. The average Bonchev–Trinajstić information content (AvgIpc) is 3.47. The first kappa shape index (κ1) is 21.2. The zero-order chi connectivity index (χ0) is 21.8. The molecule has 0 spiro atoms. The summed E-state index contributed by atoms with van der Waals surface area (Å²) in [5.41, 5.74) is -0.103. The Labute approximate surface area is 177 Å². The van der Waals surface area contributed by atoms with Crippen LogP contribution in [0.15, 0.2) is 59.3 Å². The zero-order valence-electron chi connectivity index (χ0n) is 16.8. The molecule has 4 rings (SSSR count). The van der Waals surface area contributed by atoms with Gasteiger partial charge in [-0.2, -0.15) is 18.3 Å². The first-order valence-corrected chi connectivity index (χ1v) is 10.2. The molecule has 0 aliphatic carbocycles. The van der Waals surface area contributed by atoms with Gasteiger partial charge in [0, 0.05) is 18.3 Å². The molecule has 0 bridgehead atoms. The topological polar surface area (TPSA) is 63.3 Å². The first-order valence-electron chi connectivity index (χ1n) is 10.2. The van der Waals surface area contributed by atoms with E-state index in [9.17, 15) is 18.0 Å². The predicted molar refractivity (Wildman–Crippen MR) is 108 cm³/mol. The van der Waals surface area contributed by atoms with Gasteiger partial charge in [-0.05, 0) is 68.4 Å². The summed E-state index contributed by atoms with van der Waals surface area (Å²) in [6, 6.07) is 10.9. The highest BCUT2D eigenvalue weighted by atomic mass is 19.4. The number of nitrogens with zero attached hydrogens (tertiary/aromatic N) is 3. The van der Waals surface area contributed by atoms with Crippen molar-refractivity contribution in [3.8, 4) is 5.69 Å². The van der Waals surface area contributed by atoms with Gasteiger partial charge < -0.3 is 9.73 Å². The molecule has 0 saturated carbocycles. The molecule has 1 N–H and O–H groups in total. The van der Waals surface area contributed by atoms with Gasteiger partial charge in [-0.15, -0.1) is 0 Å². The number of carbonyl (C=O) groups excluding carboxylic acids is 1. The molecule has 31 heavy (non-hydrogen) atoms. The largest absolute Gasteiger partial charge is 0.468 e. The standard InChI is InChI=1S/C22H23F3N4O2/c23-22(24,25)20-10-13-29(27-20)17-8-6-16(7-9-17)21(30)26-15-18(19-5-4-14-31-19)28-11-2-1-3-12-28/h4-10,13-14,18H,1-3,11-12,15H2,(H,26,30). The van der Waals surface area contributed by atoms with Crippen molar-refractivity contribution in [3.63, 3.8) is 0 Å². The lowest BCUT2D eigenvalue weighted by Gasteiger charge is -2.33. The smallest absolute Gasteiger partial charge is 0.435 e. The maximum atomic E-state index is 12.7. The Balaban J connectivity index is 1.41. The van der Waals surface area contributed by atoms with Gasteiger partial charge in [0.15, 0.2) is 5.69 Å². The molecular weight excluding hydrogens is 409 g/mol. The summed E-state index contributed by atoms with van der Waals surface area (Å²) in [5.74, 6) is 0.563. The quantitative estimate of drug-likeness (QED) is 0.626. The first-order chi connectivity index (χ1) is 14.9. The van der Waals surface area contributed by atoms with E-state index in [1.807, 2.05) is 12.1 Å².